The first kappa shape index (κ1) is 13.9. The molecular weight excluding hydrogens is 210 g/mol. The first-order valence-corrected chi connectivity index (χ1v) is 6.10. The van der Waals surface area contributed by atoms with Crippen molar-refractivity contribution in [3.8, 4) is 5.75 Å². The third-order valence-electron chi connectivity index (χ3n) is 2.98. The summed E-state index contributed by atoms with van der Waals surface area (Å²) in [7, 11) is 1.64. The SMILES string of the molecule is COc1ccc(C(C)(C)CC(C)(C)C)cc1N. The van der Waals surface area contributed by atoms with Crippen molar-refractivity contribution in [1.82, 2.24) is 0 Å². The minimum absolute atomic E-state index is 0.124. The number of methoxy groups -OCH3 is 1. The van der Waals surface area contributed by atoms with Gasteiger partial charge in [0.05, 0.1) is 12.8 Å². The summed E-state index contributed by atoms with van der Waals surface area (Å²) in [5.74, 6) is 0.750. The highest BCUT2D eigenvalue weighted by Gasteiger charge is 2.27. The maximum absolute atomic E-state index is 5.97. The molecule has 0 spiro atoms. The van der Waals surface area contributed by atoms with Crippen molar-refractivity contribution in [1.29, 1.82) is 0 Å². The van der Waals surface area contributed by atoms with Crippen LogP contribution in [0.1, 0.15) is 46.6 Å². The third-order valence-corrected chi connectivity index (χ3v) is 2.98. The zero-order chi connectivity index (χ0) is 13.3. The summed E-state index contributed by atoms with van der Waals surface area (Å²) in [4.78, 5) is 0. The molecule has 2 N–H and O–H groups in total. The van der Waals surface area contributed by atoms with Crippen LogP contribution in [0.3, 0.4) is 0 Å². The van der Waals surface area contributed by atoms with Crippen molar-refractivity contribution in [2.24, 2.45) is 5.41 Å². The summed E-state index contributed by atoms with van der Waals surface area (Å²) >= 11 is 0. The predicted octanol–water partition coefficient (Wildman–Crippen LogP) is 3.99. The highest BCUT2D eigenvalue weighted by atomic mass is 16.5. The number of nitrogen functional groups attached to an aromatic ring is 1. The number of anilines is 1. The van der Waals surface area contributed by atoms with Crippen LogP contribution >= 0.6 is 0 Å². The summed E-state index contributed by atoms with van der Waals surface area (Å²) < 4.78 is 5.19. The lowest BCUT2D eigenvalue weighted by molar-refractivity contribution is 0.284. The van der Waals surface area contributed by atoms with Gasteiger partial charge in [-0.25, -0.2) is 0 Å². The van der Waals surface area contributed by atoms with Gasteiger partial charge in [-0.05, 0) is 34.9 Å². The molecule has 0 atom stereocenters. The molecule has 0 amide bonds. The van der Waals surface area contributed by atoms with Crippen molar-refractivity contribution in [3.63, 3.8) is 0 Å². The Morgan fingerprint density at radius 2 is 1.71 bits per heavy atom. The van der Waals surface area contributed by atoms with Gasteiger partial charge < -0.3 is 10.5 Å². The molecule has 0 heterocycles. The van der Waals surface area contributed by atoms with Crippen molar-refractivity contribution in [3.05, 3.63) is 23.8 Å². The van der Waals surface area contributed by atoms with E-state index in [0.717, 1.165) is 12.2 Å². The predicted molar refractivity (Wildman–Crippen MR) is 74.5 cm³/mol. The Hall–Kier alpha value is -1.18. The van der Waals surface area contributed by atoms with Gasteiger partial charge in [0.15, 0.2) is 0 Å². The largest absolute Gasteiger partial charge is 0.495 e. The second-order valence-corrected chi connectivity index (χ2v) is 6.58. The van der Waals surface area contributed by atoms with Crippen molar-refractivity contribution >= 4 is 5.69 Å². The molecule has 2 nitrogen and oxygen atoms in total. The standard InChI is InChI=1S/C15H25NO/c1-14(2,3)10-15(4,5)11-7-8-13(17-6)12(16)9-11/h7-9H,10,16H2,1-6H3. The van der Waals surface area contributed by atoms with Gasteiger partial charge in [-0.1, -0.05) is 40.7 Å². The van der Waals surface area contributed by atoms with E-state index in [2.05, 4.69) is 40.7 Å². The number of nitrogens with two attached hydrogens (primary N) is 1. The minimum Gasteiger partial charge on any atom is -0.495 e. The number of ether oxygens (including phenoxy) is 1. The molecule has 0 aliphatic heterocycles. The summed E-state index contributed by atoms with van der Waals surface area (Å²) in [6.07, 6.45) is 1.12. The Labute approximate surface area is 105 Å². The molecule has 0 radical (unpaired) electrons. The van der Waals surface area contributed by atoms with E-state index >= 15 is 0 Å². The Kier molecular flexibility index (Phi) is 3.75. The van der Waals surface area contributed by atoms with Crippen LogP contribution in [-0.2, 0) is 5.41 Å². The number of hydrogen-bond acceptors (Lipinski definition) is 2. The van der Waals surface area contributed by atoms with Crippen molar-refractivity contribution < 1.29 is 4.74 Å². The smallest absolute Gasteiger partial charge is 0.141 e. The molecule has 1 rings (SSSR count). The second-order valence-electron chi connectivity index (χ2n) is 6.58. The van der Waals surface area contributed by atoms with Gasteiger partial charge in [0, 0.05) is 0 Å². The van der Waals surface area contributed by atoms with E-state index in [1.165, 1.54) is 5.56 Å². The van der Waals surface area contributed by atoms with Gasteiger partial charge in [0.1, 0.15) is 5.75 Å². The lowest BCUT2D eigenvalue weighted by atomic mass is 9.72. The Morgan fingerprint density at radius 1 is 1.12 bits per heavy atom. The molecule has 1 aromatic carbocycles. The van der Waals surface area contributed by atoms with E-state index in [4.69, 9.17) is 10.5 Å². The fraction of sp³-hybridized carbons (Fsp3) is 0.600. The summed E-state index contributed by atoms with van der Waals surface area (Å²) in [5.41, 5.74) is 8.38. The molecule has 0 saturated carbocycles. The molecule has 0 aromatic heterocycles. The lowest BCUT2D eigenvalue weighted by Gasteiger charge is -2.33. The maximum Gasteiger partial charge on any atom is 0.141 e. The van der Waals surface area contributed by atoms with Gasteiger partial charge in [-0.3, -0.25) is 0 Å². The first-order chi connectivity index (χ1) is 7.65. The molecular formula is C15H25NO. The minimum atomic E-state index is 0.124. The van der Waals surface area contributed by atoms with E-state index in [1.54, 1.807) is 7.11 Å². The fourth-order valence-corrected chi connectivity index (χ4v) is 2.58. The van der Waals surface area contributed by atoms with Gasteiger partial charge >= 0.3 is 0 Å². The molecule has 96 valence electrons. The average Bonchev–Trinajstić information content (AvgIpc) is 2.13. The van der Waals surface area contributed by atoms with Crippen LogP contribution in [0.15, 0.2) is 18.2 Å². The molecule has 17 heavy (non-hydrogen) atoms. The fourth-order valence-electron chi connectivity index (χ4n) is 2.58. The van der Waals surface area contributed by atoms with Crippen LogP contribution in [0.2, 0.25) is 0 Å². The molecule has 2 heteroatoms. The van der Waals surface area contributed by atoms with Crippen LogP contribution < -0.4 is 10.5 Å². The van der Waals surface area contributed by atoms with E-state index in [1.807, 2.05) is 12.1 Å². The number of rotatable bonds is 3. The molecule has 0 unspecified atom stereocenters. The number of hydrogen-bond donors (Lipinski definition) is 1. The van der Waals surface area contributed by atoms with E-state index < -0.39 is 0 Å². The highest BCUT2D eigenvalue weighted by molar-refractivity contribution is 5.55. The van der Waals surface area contributed by atoms with Gasteiger partial charge in [-0.15, -0.1) is 0 Å². The lowest BCUT2D eigenvalue weighted by Crippen LogP contribution is -2.24. The van der Waals surface area contributed by atoms with Crippen LogP contribution in [0.4, 0.5) is 5.69 Å². The zero-order valence-electron chi connectivity index (χ0n) is 11.9. The molecule has 0 fully saturated rings. The van der Waals surface area contributed by atoms with Crippen LogP contribution in [0.5, 0.6) is 5.75 Å². The molecule has 1 aromatic rings. The Balaban J connectivity index is 3.03. The van der Waals surface area contributed by atoms with Crippen molar-refractivity contribution in [2.75, 3.05) is 12.8 Å². The Morgan fingerprint density at radius 3 is 2.12 bits per heavy atom. The van der Waals surface area contributed by atoms with Gasteiger partial charge in [0.2, 0.25) is 0 Å². The topological polar surface area (TPSA) is 35.2 Å². The van der Waals surface area contributed by atoms with Gasteiger partial charge in [-0.2, -0.15) is 0 Å². The third kappa shape index (κ3) is 3.65. The highest BCUT2D eigenvalue weighted by Crippen LogP contribution is 2.38. The average molecular weight is 235 g/mol. The molecule has 0 aliphatic rings. The van der Waals surface area contributed by atoms with Gasteiger partial charge in [0.25, 0.3) is 0 Å². The molecule has 0 aliphatic carbocycles. The number of benzene rings is 1. The van der Waals surface area contributed by atoms with Crippen LogP contribution in [0.25, 0.3) is 0 Å². The molecule has 0 saturated heterocycles. The summed E-state index contributed by atoms with van der Waals surface area (Å²) in [6.45, 7) is 11.3. The monoisotopic (exact) mass is 235 g/mol. The zero-order valence-corrected chi connectivity index (χ0v) is 11.9. The Bertz CT molecular complexity index is 388. The van der Waals surface area contributed by atoms with E-state index in [-0.39, 0.29) is 5.41 Å². The normalized spacial score (nSPS) is 12.6. The van der Waals surface area contributed by atoms with Crippen molar-refractivity contribution in [2.45, 2.75) is 46.5 Å². The van der Waals surface area contributed by atoms with Crippen LogP contribution in [0, 0.1) is 5.41 Å². The maximum atomic E-state index is 5.97. The second kappa shape index (κ2) is 4.59. The quantitative estimate of drug-likeness (QED) is 0.804. The summed E-state index contributed by atoms with van der Waals surface area (Å²) in [5, 5.41) is 0. The van der Waals surface area contributed by atoms with E-state index in [9.17, 15) is 0 Å². The summed E-state index contributed by atoms with van der Waals surface area (Å²) in [6, 6.07) is 6.10. The first-order valence-electron chi connectivity index (χ1n) is 6.10. The molecule has 0 bridgehead atoms. The van der Waals surface area contributed by atoms with E-state index in [0.29, 0.717) is 11.1 Å². The van der Waals surface area contributed by atoms with Crippen LogP contribution in [-0.4, -0.2) is 7.11 Å².